The standard InChI is InChI=1S/C14H14O3/c1-2-3-6-11-12(15)9-7-4-5-8-10(9)13(16)14(11)17/h2-5,7-8,15-17H,6H2,1H3. The van der Waals surface area contributed by atoms with Crippen LogP contribution in [0.25, 0.3) is 10.8 Å². The summed E-state index contributed by atoms with van der Waals surface area (Å²) < 4.78 is 0. The molecule has 2 rings (SSSR count). The van der Waals surface area contributed by atoms with Gasteiger partial charge in [0.1, 0.15) is 5.75 Å². The average molecular weight is 230 g/mol. The molecule has 0 fully saturated rings. The molecule has 3 heteroatoms. The number of phenolic OH excluding ortho intramolecular Hbond substituents is 3. The fourth-order valence-corrected chi connectivity index (χ4v) is 1.87. The van der Waals surface area contributed by atoms with Crippen molar-refractivity contribution in [2.24, 2.45) is 0 Å². The van der Waals surface area contributed by atoms with Crippen molar-refractivity contribution in [2.75, 3.05) is 0 Å². The first-order chi connectivity index (χ1) is 8.16. The quantitative estimate of drug-likeness (QED) is 0.422. The van der Waals surface area contributed by atoms with Crippen molar-refractivity contribution in [3.05, 3.63) is 42.0 Å². The van der Waals surface area contributed by atoms with Crippen LogP contribution in [0.3, 0.4) is 0 Å². The monoisotopic (exact) mass is 230 g/mol. The maximum Gasteiger partial charge on any atom is 0.166 e. The highest BCUT2D eigenvalue weighted by atomic mass is 16.3. The average Bonchev–Trinajstić information content (AvgIpc) is 2.36. The predicted molar refractivity (Wildman–Crippen MR) is 67.5 cm³/mol. The Labute approximate surface area is 99.3 Å². The van der Waals surface area contributed by atoms with Gasteiger partial charge in [0.15, 0.2) is 11.5 Å². The van der Waals surface area contributed by atoms with Crippen molar-refractivity contribution in [3.8, 4) is 17.2 Å². The summed E-state index contributed by atoms with van der Waals surface area (Å²) in [5.41, 5.74) is 0.347. The summed E-state index contributed by atoms with van der Waals surface area (Å²) in [6.45, 7) is 1.86. The molecule has 0 unspecified atom stereocenters. The number of fused-ring (bicyclic) bond motifs is 1. The molecule has 0 radical (unpaired) electrons. The molecule has 3 N–H and O–H groups in total. The molecule has 0 heterocycles. The Morgan fingerprint density at radius 2 is 1.53 bits per heavy atom. The van der Waals surface area contributed by atoms with Crippen LogP contribution in [0.2, 0.25) is 0 Å². The summed E-state index contributed by atoms with van der Waals surface area (Å²) in [6, 6.07) is 6.89. The maximum absolute atomic E-state index is 10.1. The largest absolute Gasteiger partial charge is 0.507 e. The van der Waals surface area contributed by atoms with Gasteiger partial charge in [-0.3, -0.25) is 0 Å². The van der Waals surface area contributed by atoms with Crippen molar-refractivity contribution < 1.29 is 15.3 Å². The molecule has 0 aliphatic carbocycles. The van der Waals surface area contributed by atoms with E-state index in [1.165, 1.54) is 0 Å². The van der Waals surface area contributed by atoms with E-state index in [9.17, 15) is 15.3 Å². The molecule has 0 amide bonds. The van der Waals surface area contributed by atoms with Crippen LogP contribution in [-0.2, 0) is 6.42 Å². The summed E-state index contributed by atoms with van der Waals surface area (Å²) >= 11 is 0. The predicted octanol–water partition coefficient (Wildman–Crippen LogP) is 3.08. The third-order valence-electron chi connectivity index (χ3n) is 2.79. The SMILES string of the molecule is CC=CCc1c(O)c(O)c2ccccc2c1O. The summed E-state index contributed by atoms with van der Waals surface area (Å²) in [5, 5.41) is 30.8. The van der Waals surface area contributed by atoms with Crippen molar-refractivity contribution in [1.29, 1.82) is 0 Å². The van der Waals surface area contributed by atoms with E-state index in [4.69, 9.17) is 0 Å². The van der Waals surface area contributed by atoms with Gasteiger partial charge in [0.25, 0.3) is 0 Å². The molecule has 0 saturated heterocycles. The molecule has 0 aliphatic heterocycles. The first kappa shape index (κ1) is 11.3. The van der Waals surface area contributed by atoms with Crippen LogP contribution >= 0.6 is 0 Å². The van der Waals surface area contributed by atoms with Crippen LogP contribution in [0.4, 0.5) is 0 Å². The molecular formula is C14H14O3. The van der Waals surface area contributed by atoms with E-state index in [0.717, 1.165) is 0 Å². The zero-order chi connectivity index (χ0) is 12.4. The minimum absolute atomic E-state index is 0.0222. The smallest absolute Gasteiger partial charge is 0.166 e. The molecule has 0 aromatic heterocycles. The van der Waals surface area contributed by atoms with Gasteiger partial charge < -0.3 is 15.3 Å². The van der Waals surface area contributed by atoms with Gasteiger partial charge in [-0.15, -0.1) is 0 Å². The molecule has 0 atom stereocenters. The Kier molecular flexibility index (Phi) is 2.91. The fraction of sp³-hybridized carbons (Fsp3) is 0.143. The Morgan fingerprint density at radius 1 is 0.941 bits per heavy atom. The number of hydrogen-bond acceptors (Lipinski definition) is 3. The van der Waals surface area contributed by atoms with Crippen molar-refractivity contribution in [2.45, 2.75) is 13.3 Å². The highest BCUT2D eigenvalue weighted by molar-refractivity contribution is 5.96. The first-order valence-corrected chi connectivity index (χ1v) is 5.42. The molecule has 0 spiro atoms. The second-order valence-corrected chi connectivity index (χ2v) is 3.84. The lowest BCUT2D eigenvalue weighted by Gasteiger charge is -2.11. The Bertz CT molecular complexity index is 586. The van der Waals surface area contributed by atoms with Crippen molar-refractivity contribution >= 4 is 10.8 Å². The Morgan fingerprint density at radius 3 is 2.12 bits per heavy atom. The Hall–Kier alpha value is -2.16. The van der Waals surface area contributed by atoms with Gasteiger partial charge in [-0.25, -0.2) is 0 Å². The molecular weight excluding hydrogens is 216 g/mol. The molecule has 88 valence electrons. The maximum atomic E-state index is 10.1. The van der Waals surface area contributed by atoms with Gasteiger partial charge in [0, 0.05) is 16.3 Å². The van der Waals surface area contributed by atoms with Gasteiger partial charge in [-0.05, 0) is 13.3 Å². The number of aromatic hydroxyl groups is 3. The molecule has 3 nitrogen and oxygen atoms in total. The van der Waals surface area contributed by atoms with E-state index in [2.05, 4.69) is 0 Å². The lowest BCUT2D eigenvalue weighted by atomic mass is 10.0. The van der Waals surface area contributed by atoms with E-state index in [1.807, 2.05) is 19.1 Å². The van der Waals surface area contributed by atoms with E-state index < -0.39 is 0 Å². The van der Waals surface area contributed by atoms with Crippen molar-refractivity contribution in [1.82, 2.24) is 0 Å². The van der Waals surface area contributed by atoms with E-state index in [0.29, 0.717) is 22.8 Å². The van der Waals surface area contributed by atoms with Crippen molar-refractivity contribution in [3.63, 3.8) is 0 Å². The summed E-state index contributed by atoms with van der Waals surface area (Å²) in [5.74, 6) is -0.411. The third-order valence-corrected chi connectivity index (χ3v) is 2.79. The zero-order valence-corrected chi connectivity index (χ0v) is 9.51. The van der Waals surface area contributed by atoms with E-state index in [1.54, 1.807) is 24.3 Å². The van der Waals surface area contributed by atoms with E-state index >= 15 is 0 Å². The number of allylic oxidation sites excluding steroid dienone is 2. The molecule has 2 aromatic rings. The van der Waals surface area contributed by atoms with Crippen LogP contribution in [0.1, 0.15) is 12.5 Å². The van der Waals surface area contributed by atoms with E-state index in [-0.39, 0.29) is 17.2 Å². The van der Waals surface area contributed by atoms with Gasteiger partial charge in [-0.1, -0.05) is 36.4 Å². The lowest BCUT2D eigenvalue weighted by molar-refractivity contribution is 0.397. The van der Waals surface area contributed by atoms with Crippen LogP contribution < -0.4 is 0 Å². The number of hydrogen-bond donors (Lipinski definition) is 3. The summed E-state index contributed by atoms with van der Waals surface area (Å²) in [4.78, 5) is 0. The van der Waals surface area contributed by atoms with Crippen LogP contribution in [0.15, 0.2) is 36.4 Å². The molecule has 17 heavy (non-hydrogen) atoms. The van der Waals surface area contributed by atoms with Crippen LogP contribution in [-0.4, -0.2) is 15.3 Å². The number of rotatable bonds is 2. The normalized spacial score (nSPS) is 11.4. The highest BCUT2D eigenvalue weighted by Crippen LogP contribution is 2.43. The third kappa shape index (κ3) is 1.80. The molecule has 2 aromatic carbocycles. The molecule has 0 aliphatic rings. The fourth-order valence-electron chi connectivity index (χ4n) is 1.87. The topological polar surface area (TPSA) is 60.7 Å². The van der Waals surface area contributed by atoms with Crippen LogP contribution in [0.5, 0.6) is 17.2 Å². The second-order valence-electron chi connectivity index (χ2n) is 3.84. The minimum atomic E-state index is -0.251. The number of phenols is 3. The van der Waals surface area contributed by atoms with Gasteiger partial charge in [0.05, 0.1) is 0 Å². The van der Waals surface area contributed by atoms with Gasteiger partial charge in [-0.2, -0.15) is 0 Å². The zero-order valence-electron chi connectivity index (χ0n) is 9.51. The second kappa shape index (κ2) is 4.37. The number of benzene rings is 2. The molecule has 0 bridgehead atoms. The summed E-state index contributed by atoms with van der Waals surface area (Å²) in [7, 11) is 0. The summed E-state index contributed by atoms with van der Waals surface area (Å²) in [6.07, 6.45) is 4.01. The molecule has 0 saturated carbocycles. The first-order valence-electron chi connectivity index (χ1n) is 5.42. The van der Waals surface area contributed by atoms with Crippen LogP contribution in [0, 0.1) is 0 Å². The Balaban J connectivity index is 2.76. The highest BCUT2D eigenvalue weighted by Gasteiger charge is 2.16. The van der Waals surface area contributed by atoms with Gasteiger partial charge >= 0.3 is 0 Å². The lowest BCUT2D eigenvalue weighted by Crippen LogP contribution is -1.87. The van der Waals surface area contributed by atoms with Gasteiger partial charge in [0.2, 0.25) is 0 Å². The minimum Gasteiger partial charge on any atom is -0.507 e.